The van der Waals surface area contributed by atoms with E-state index in [4.69, 9.17) is 4.74 Å². The molecule has 1 fully saturated rings. The second-order valence-corrected chi connectivity index (χ2v) is 8.58. The lowest BCUT2D eigenvalue weighted by molar-refractivity contribution is -0.153. The van der Waals surface area contributed by atoms with Crippen molar-refractivity contribution >= 4 is 15.8 Å². The molecule has 5 heteroatoms. The van der Waals surface area contributed by atoms with Crippen LogP contribution in [0.5, 0.6) is 0 Å². The van der Waals surface area contributed by atoms with Gasteiger partial charge in [0.15, 0.2) is 15.1 Å². The van der Waals surface area contributed by atoms with E-state index in [2.05, 4.69) is 0 Å². The normalized spacial score (nSPS) is 20.4. The van der Waals surface area contributed by atoms with Gasteiger partial charge in [-0.05, 0) is 40.5 Å². The molecule has 0 N–H and O–H groups in total. The highest BCUT2D eigenvalue weighted by Gasteiger charge is 2.38. The highest BCUT2D eigenvalue weighted by Crippen LogP contribution is 2.27. The Bertz CT molecular complexity index is 386. The van der Waals surface area contributed by atoms with Crippen LogP contribution >= 0.6 is 0 Å². The van der Waals surface area contributed by atoms with E-state index in [9.17, 15) is 13.2 Å². The molecule has 1 aliphatic rings. The molecule has 1 aliphatic carbocycles. The van der Waals surface area contributed by atoms with Crippen molar-refractivity contribution < 1.29 is 17.9 Å². The average Bonchev–Trinajstić information content (AvgIpc) is 2.27. The van der Waals surface area contributed by atoms with Gasteiger partial charge in [0.25, 0.3) is 0 Å². The van der Waals surface area contributed by atoms with E-state index < -0.39 is 26.7 Å². The Morgan fingerprint density at radius 1 is 1.17 bits per heavy atom. The largest absolute Gasteiger partial charge is 0.459 e. The molecule has 106 valence electrons. The summed E-state index contributed by atoms with van der Waals surface area (Å²) >= 11 is 0. The minimum Gasteiger partial charge on any atom is -0.459 e. The maximum atomic E-state index is 12.3. The topological polar surface area (TPSA) is 60.4 Å². The van der Waals surface area contributed by atoms with Crippen LogP contribution in [0.15, 0.2) is 0 Å². The highest BCUT2D eigenvalue weighted by atomic mass is 32.2. The molecule has 0 aliphatic heterocycles. The summed E-state index contributed by atoms with van der Waals surface area (Å²) in [4.78, 5) is 11.8. The van der Waals surface area contributed by atoms with Gasteiger partial charge in [0, 0.05) is 0 Å². The summed E-state index contributed by atoms with van der Waals surface area (Å²) in [5.74, 6) is -0.631. The summed E-state index contributed by atoms with van der Waals surface area (Å²) in [7, 11) is -3.41. The first kappa shape index (κ1) is 15.5. The van der Waals surface area contributed by atoms with Crippen molar-refractivity contribution in [2.45, 2.75) is 75.9 Å². The smallest absolute Gasteiger partial charge is 0.324 e. The number of ether oxygens (including phenoxy) is 1. The van der Waals surface area contributed by atoms with Crippen molar-refractivity contribution in [2.75, 3.05) is 0 Å². The van der Waals surface area contributed by atoms with E-state index in [1.165, 1.54) is 6.92 Å². The Labute approximate surface area is 110 Å². The molecular weight excluding hydrogens is 252 g/mol. The second kappa shape index (κ2) is 5.59. The SMILES string of the molecule is CC(C(=O)OC(C)(C)C)S(=O)(=O)C1CCCCC1. The van der Waals surface area contributed by atoms with Gasteiger partial charge in [0.2, 0.25) is 0 Å². The van der Waals surface area contributed by atoms with Crippen LogP contribution in [0, 0.1) is 0 Å². The second-order valence-electron chi connectivity index (χ2n) is 6.02. The van der Waals surface area contributed by atoms with E-state index >= 15 is 0 Å². The Kier molecular flexibility index (Phi) is 4.81. The molecule has 18 heavy (non-hydrogen) atoms. The van der Waals surface area contributed by atoms with Crippen LogP contribution in [0.2, 0.25) is 0 Å². The molecule has 0 spiro atoms. The standard InChI is InChI=1S/C13H24O4S/c1-10(12(14)17-13(2,3)4)18(15,16)11-8-6-5-7-9-11/h10-11H,5-9H2,1-4H3. The summed E-state index contributed by atoms with van der Waals surface area (Å²) in [6, 6.07) is 0. The van der Waals surface area contributed by atoms with Crippen molar-refractivity contribution in [1.82, 2.24) is 0 Å². The van der Waals surface area contributed by atoms with E-state index in [-0.39, 0.29) is 5.25 Å². The summed E-state index contributed by atoms with van der Waals surface area (Å²) in [5, 5.41) is -1.42. The molecule has 1 rings (SSSR count). The van der Waals surface area contributed by atoms with Gasteiger partial charge in [-0.15, -0.1) is 0 Å². The predicted molar refractivity (Wildman–Crippen MR) is 71.1 cm³/mol. The number of carbonyl (C=O) groups is 1. The minimum atomic E-state index is -3.41. The number of hydrogen-bond donors (Lipinski definition) is 0. The van der Waals surface area contributed by atoms with Crippen molar-refractivity contribution in [3.05, 3.63) is 0 Å². The minimum absolute atomic E-state index is 0.367. The van der Waals surface area contributed by atoms with Gasteiger partial charge in [-0.1, -0.05) is 19.3 Å². The lowest BCUT2D eigenvalue weighted by Crippen LogP contribution is -2.40. The average molecular weight is 276 g/mol. The molecule has 1 saturated carbocycles. The van der Waals surface area contributed by atoms with E-state index in [0.29, 0.717) is 12.8 Å². The van der Waals surface area contributed by atoms with Gasteiger partial charge in [-0.3, -0.25) is 4.79 Å². The van der Waals surface area contributed by atoms with Gasteiger partial charge in [-0.25, -0.2) is 8.42 Å². The third-order valence-corrected chi connectivity index (χ3v) is 5.83. The van der Waals surface area contributed by atoms with E-state index in [1.54, 1.807) is 20.8 Å². The fourth-order valence-corrected chi connectivity index (χ4v) is 4.09. The van der Waals surface area contributed by atoms with Crippen molar-refractivity contribution in [1.29, 1.82) is 0 Å². The quantitative estimate of drug-likeness (QED) is 0.743. The molecule has 0 amide bonds. The van der Waals surface area contributed by atoms with Crippen molar-refractivity contribution in [3.63, 3.8) is 0 Å². The molecule has 0 aromatic rings. The molecule has 0 aromatic heterocycles. The van der Waals surface area contributed by atoms with Gasteiger partial charge in [-0.2, -0.15) is 0 Å². The lowest BCUT2D eigenvalue weighted by Gasteiger charge is -2.26. The Morgan fingerprint density at radius 2 is 1.67 bits per heavy atom. The number of sulfone groups is 1. The van der Waals surface area contributed by atoms with Crippen LogP contribution in [-0.2, 0) is 19.4 Å². The predicted octanol–water partition coefficient (Wildman–Crippen LogP) is 2.46. The number of rotatable bonds is 3. The molecule has 0 heterocycles. The Balaban J connectivity index is 2.75. The molecule has 0 saturated heterocycles. The summed E-state index contributed by atoms with van der Waals surface area (Å²) in [5.41, 5.74) is -0.645. The third-order valence-electron chi connectivity index (χ3n) is 3.25. The van der Waals surface area contributed by atoms with E-state index in [1.807, 2.05) is 0 Å². The van der Waals surface area contributed by atoms with Crippen LogP contribution < -0.4 is 0 Å². The zero-order chi connectivity index (χ0) is 14.0. The molecule has 1 atom stereocenters. The van der Waals surface area contributed by atoms with Crippen molar-refractivity contribution in [3.8, 4) is 0 Å². The van der Waals surface area contributed by atoms with E-state index in [0.717, 1.165) is 19.3 Å². The zero-order valence-electron chi connectivity index (χ0n) is 11.7. The van der Waals surface area contributed by atoms with Crippen LogP contribution in [0.25, 0.3) is 0 Å². The number of hydrogen-bond acceptors (Lipinski definition) is 4. The van der Waals surface area contributed by atoms with Gasteiger partial charge in [0.05, 0.1) is 5.25 Å². The van der Waals surface area contributed by atoms with Gasteiger partial charge in [0.1, 0.15) is 5.60 Å². The van der Waals surface area contributed by atoms with Crippen LogP contribution in [0.3, 0.4) is 0 Å². The summed E-state index contributed by atoms with van der Waals surface area (Å²) < 4.78 is 29.8. The molecule has 4 nitrogen and oxygen atoms in total. The Hall–Kier alpha value is -0.580. The fourth-order valence-electron chi connectivity index (χ4n) is 2.20. The van der Waals surface area contributed by atoms with Crippen molar-refractivity contribution in [2.24, 2.45) is 0 Å². The molecule has 0 bridgehead atoms. The maximum Gasteiger partial charge on any atom is 0.324 e. The third kappa shape index (κ3) is 3.97. The van der Waals surface area contributed by atoms with Crippen LogP contribution in [0.1, 0.15) is 59.8 Å². The number of carbonyl (C=O) groups excluding carboxylic acids is 1. The molecular formula is C13H24O4S. The summed E-state index contributed by atoms with van der Waals surface area (Å²) in [6.07, 6.45) is 4.31. The highest BCUT2D eigenvalue weighted by molar-refractivity contribution is 7.93. The Morgan fingerprint density at radius 3 is 2.11 bits per heavy atom. The van der Waals surface area contributed by atoms with Gasteiger partial charge >= 0.3 is 5.97 Å². The van der Waals surface area contributed by atoms with Crippen LogP contribution in [-0.4, -0.2) is 30.5 Å². The van der Waals surface area contributed by atoms with Gasteiger partial charge < -0.3 is 4.74 Å². The molecule has 0 radical (unpaired) electrons. The monoisotopic (exact) mass is 276 g/mol. The number of esters is 1. The van der Waals surface area contributed by atoms with Crippen LogP contribution in [0.4, 0.5) is 0 Å². The first-order valence-electron chi connectivity index (χ1n) is 6.60. The first-order valence-corrected chi connectivity index (χ1v) is 8.21. The molecule has 0 aromatic carbocycles. The lowest BCUT2D eigenvalue weighted by atomic mass is 10.0. The maximum absolute atomic E-state index is 12.3. The first-order chi connectivity index (χ1) is 8.14. The fraction of sp³-hybridized carbons (Fsp3) is 0.923. The zero-order valence-corrected chi connectivity index (χ0v) is 12.5. The summed E-state index contributed by atoms with van der Waals surface area (Å²) in [6.45, 7) is 6.67. The molecule has 1 unspecified atom stereocenters.